The number of hydrogen-bond acceptors (Lipinski definition) is 5. The summed E-state index contributed by atoms with van der Waals surface area (Å²) in [6.45, 7) is 3.95. The molecule has 0 radical (unpaired) electrons. The molecule has 2 aromatic rings. The minimum absolute atomic E-state index is 0.0435. The number of benzene rings is 2. The van der Waals surface area contributed by atoms with Crippen molar-refractivity contribution < 1.29 is 24.2 Å². The van der Waals surface area contributed by atoms with E-state index in [4.69, 9.17) is 9.47 Å². The molecule has 0 aliphatic carbocycles. The molecule has 1 heterocycles. The fraction of sp³-hybridized carbons (Fsp3) is 0.238. The quantitative estimate of drug-likeness (QED) is 0.794. The van der Waals surface area contributed by atoms with E-state index in [1.54, 1.807) is 37.4 Å². The predicted octanol–water partition coefficient (Wildman–Crippen LogP) is 3.03. The molecule has 2 aromatic carbocycles. The fourth-order valence-corrected chi connectivity index (χ4v) is 3.03. The molecule has 0 spiro atoms. The van der Waals surface area contributed by atoms with E-state index in [9.17, 15) is 14.7 Å². The summed E-state index contributed by atoms with van der Waals surface area (Å²) in [5.74, 6) is -0.423. The van der Waals surface area contributed by atoms with Gasteiger partial charge in [0.05, 0.1) is 19.2 Å². The van der Waals surface area contributed by atoms with Crippen LogP contribution in [0.15, 0.2) is 48.2 Å². The summed E-state index contributed by atoms with van der Waals surface area (Å²) < 4.78 is 10.7. The Morgan fingerprint density at radius 3 is 2.26 bits per heavy atom. The summed E-state index contributed by atoms with van der Waals surface area (Å²) in [5.41, 5.74) is 2.48. The van der Waals surface area contributed by atoms with Crippen LogP contribution >= 0.6 is 0 Å². The molecule has 1 aliphatic heterocycles. The maximum absolute atomic E-state index is 12.7. The van der Waals surface area contributed by atoms with Crippen LogP contribution in [0.5, 0.6) is 11.5 Å². The molecule has 140 valence electrons. The first-order valence-electron chi connectivity index (χ1n) is 8.56. The highest BCUT2D eigenvalue weighted by atomic mass is 16.5. The Morgan fingerprint density at radius 2 is 1.63 bits per heavy atom. The van der Waals surface area contributed by atoms with Crippen LogP contribution in [0.4, 0.5) is 0 Å². The highest BCUT2D eigenvalue weighted by Gasteiger charge is 2.39. The van der Waals surface area contributed by atoms with Crippen LogP contribution in [0, 0.1) is 13.8 Å². The van der Waals surface area contributed by atoms with Crippen molar-refractivity contribution in [2.24, 2.45) is 0 Å². The molecule has 0 bridgehead atoms. The number of hydrogen-bond donors (Lipinski definition) is 1. The minimum atomic E-state index is -0.701. The van der Waals surface area contributed by atoms with Gasteiger partial charge in [0.25, 0.3) is 11.8 Å². The zero-order valence-corrected chi connectivity index (χ0v) is 15.5. The third-order valence-electron chi connectivity index (χ3n) is 4.44. The molecule has 0 saturated heterocycles. The molecular weight excluding hydrogens is 346 g/mol. The maximum Gasteiger partial charge on any atom is 0.296 e. The highest BCUT2D eigenvalue weighted by Crippen LogP contribution is 2.30. The van der Waals surface area contributed by atoms with Crippen LogP contribution in [-0.2, 0) is 9.59 Å². The van der Waals surface area contributed by atoms with Crippen molar-refractivity contribution in [1.29, 1.82) is 0 Å². The van der Waals surface area contributed by atoms with Gasteiger partial charge in [-0.2, -0.15) is 0 Å². The maximum atomic E-state index is 12.7. The Balaban J connectivity index is 1.69. The van der Waals surface area contributed by atoms with Crippen LogP contribution in [0.25, 0.3) is 5.57 Å². The molecule has 0 fully saturated rings. The average molecular weight is 367 g/mol. The van der Waals surface area contributed by atoms with Gasteiger partial charge in [-0.15, -0.1) is 0 Å². The standard InChI is InChI=1S/C21H21NO5/c1-13-4-9-17(14(2)12-13)18-19(23)21(25)22(20(18)24)10-11-27-16-7-5-15(26-3)6-8-16/h4-9,12,23H,10-11H2,1-3H3. The van der Waals surface area contributed by atoms with Crippen molar-refractivity contribution >= 4 is 17.4 Å². The van der Waals surface area contributed by atoms with Gasteiger partial charge in [-0.25, -0.2) is 0 Å². The molecule has 0 unspecified atom stereocenters. The first-order valence-corrected chi connectivity index (χ1v) is 8.56. The van der Waals surface area contributed by atoms with Crippen molar-refractivity contribution in [3.8, 4) is 11.5 Å². The molecule has 1 N–H and O–H groups in total. The SMILES string of the molecule is COc1ccc(OCCN2C(=O)C(O)=C(c3ccc(C)cc3C)C2=O)cc1. The Labute approximate surface area is 157 Å². The monoisotopic (exact) mass is 367 g/mol. The molecule has 1 aliphatic rings. The fourth-order valence-electron chi connectivity index (χ4n) is 3.03. The Kier molecular flexibility index (Phi) is 5.16. The molecule has 0 saturated carbocycles. The zero-order chi connectivity index (χ0) is 19.6. The number of amides is 2. The second-order valence-corrected chi connectivity index (χ2v) is 6.33. The largest absolute Gasteiger partial charge is 0.502 e. The summed E-state index contributed by atoms with van der Waals surface area (Å²) in [7, 11) is 1.58. The molecule has 0 atom stereocenters. The molecule has 27 heavy (non-hydrogen) atoms. The van der Waals surface area contributed by atoms with E-state index in [2.05, 4.69) is 0 Å². The van der Waals surface area contributed by atoms with E-state index in [1.807, 2.05) is 26.0 Å². The molecule has 2 amide bonds. The smallest absolute Gasteiger partial charge is 0.296 e. The van der Waals surface area contributed by atoms with Gasteiger partial charge >= 0.3 is 0 Å². The minimum Gasteiger partial charge on any atom is -0.502 e. The van der Waals surface area contributed by atoms with Crippen molar-refractivity contribution in [3.05, 3.63) is 64.9 Å². The van der Waals surface area contributed by atoms with E-state index in [-0.39, 0.29) is 18.7 Å². The van der Waals surface area contributed by atoms with Gasteiger partial charge in [-0.05, 0) is 49.2 Å². The van der Waals surface area contributed by atoms with Gasteiger partial charge in [-0.3, -0.25) is 14.5 Å². The summed E-state index contributed by atoms with van der Waals surface area (Å²) in [6.07, 6.45) is 0. The Hall–Kier alpha value is -3.28. The van der Waals surface area contributed by atoms with Crippen LogP contribution in [0.3, 0.4) is 0 Å². The van der Waals surface area contributed by atoms with Gasteiger partial charge in [0.1, 0.15) is 18.1 Å². The number of carbonyl (C=O) groups excluding carboxylic acids is 2. The number of aliphatic hydroxyl groups excluding tert-OH is 1. The summed E-state index contributed by atoms with van der Waals surface area (Å²) in [6, 6.07) is 12.5. The van der Waals surface area contributed by atoms with Gasteiger partial charge in [0.15, 0.2) is 5.76 Å². The number of ether oxygens (including phenoxy) is 2. The first-order chi connectivity index (χ1) is 12.9. The number of aliphatic hydroxyl groups is 1. The summed E-state index contributed by atoms with van der Waals surface area (Å²) >= 11 is 0. The molecule has 6 nitrogen and oxygen atoms in total. The van der Waals surface area contributed by atoms with E-state index in [0.29, 0.717) is 17.1 Å². The normalized spacial score (nSPS) is 14.1. The third-order valence-corrected chi connectivity index (χ3v) is 4.44. The number of carbonyl (C=O) groups is 2. The highest BCUT2D eigenvalue weighted by molar-refractivity contribution is 6.35. The molecule has 3 rings (SSSR count). The third kappa shape index (κ3) is 3.65. The van der Waals surface area contributed by atoms with Crippen LogP contribution in [0.1, 0.15) is 16.7 Å². The lowest BCUT2D eigenvalue weighted by Gasteiger charge is -2.15. The number of nitrogens with zero attached hydrogens (tertiary/aromatic N) is 1. The van der Waals surface area contributed by atoms with Crippen molar-refractivity contribution in [3.63, 3.8) is 0 Å². The number of rotatable bonds is 6. The van der Waals surface area contributed by atoms with Crippen molar-refractivity contribution in [2.45, 2.75) is 13.8 Å². The lowest BCUT2D eigenvalue weighted by Crippen LogP contribution is -2.35. The predicted molar refractivity (Wildman–Crippen MR) is 101 cm³/mol. The van der Waals surface area contributed by atoms with Crippen LogP contribution in [0.2, 0.25) is 0 Å². The second kappa shape index (κ2) is 7.53. The Morgan fingerprint density at radius 1 is 0.963 bits per heavy atom. The Bertz CT molecular complexity index is 915. The van der Waals surface area contributed by atoms with Crippen molar-refractivity contribution in [2.75, 3.05) is 20.3 Å². The molecule has 6 heteroatoms. The van der Waals surface area contributed by atoms with Crippen molar-refractivity contribution in [1.82, 2.24) is 4.90 Å². The molecular formula is C21H21NO5. The lowest BCUT2D eigenvalue weighted by atomic mass is 9.98. The van der Waals surface area contributed by atoms with Gasteiger partial charge < -0.3 is 14.6 Å². The summed E-state index contributed by atoms with van der Waals surface area (Å²) in [5, 5.41) is 10.2. The second-order valence-electron chi connectivity index (χ2n) is 6.33. The van der Waals surface area contributed by atoms with E-state index in [1.165, 1.54) is 0 Å². The van der Waals surface area contributed by atoms with E-state index in [0.717, 1.165) is 16.0 Å². The average Bonchev–Trinajstić information content (AvgIpc) is 2.86. The van der Waals surface area contributed by atoms with Gasteiger partial charge in [0, 0.05) is 0 Å². The van der Waals surface area contributed by atoms with Gasteiger partial charge in [-0.1, -0.05) is 23.8 Å². The van der Waals surface area contributed by atoms with E-state index < -0.39 is 17.6 Å². The number of aryl methyl sites for hydroxylation is 2. The van der Waals surface area contributed by atoms with Crippen LogP contribution < -0.4 is 9.47 Å². The lowest BCUT2D eigenvalue weighted by molar-refractivity contribution is -0.138. The van der Waals surface area contributed by atoms with Crippen LogP contribution in [-0.4, -0.2) is 42.1 Å². The number of methoxy groups -OCH3 is 1. The zero-order valence-electron chi connectivity index (χ0n) is 15.5. The molecule has 0 aromatic heterocycles. The topological polar surface area (TPSA) is 76.1 Å². The summed E-state index contributed by atoms with van der Waals surface area (Å²) in [4.78, 5) is 26.0. The number of imide groups is 1. The van der Waals surface area contributed by atoms with E-state index >= 15 is 0 Å². The van der Waals surface area contributed by atoms with Gasteiger partial charge in [0.2, 0.25) is 0 Å². The first kappa shape index (κ1) is 18.5.